The van der Waals surface area contributed by atoms with Crippen molar-refractivity contribution in [1.29, 1.82) is 0 Å². The molecule has 0 bridgehead atoms. The van der Waals surface area contributed by atoms with E-state index in [1.165, 1.54) is 225 Å². The van der Waals surface area contributed by atoms with Gasteiger partial charge in [-0.1, -0.05) is 0 Å². The van der Waals surface area contributed by atoms with Gasteiger partial charge in [-0.25, -0.2) is 0 Å². The number of hydrogen-bond acceptors (Lipinski definition) is 0. The lowest BCUT2D eigenvalue weighted by molar-refractivity contribution is -0.904. The summed E-state index contributed by atoms with van der Waals surface area (Å²) in [6, 6.07) is 0. The van der Waals surface area contributed by atoms with Gasteiger partial charge in [0, 0.05) is 64.2 Å². The fourth-order valence-corrected chi connectivity index (χ4v) is 9.14. The molecule has 0 aromatic heterocycles. The molecule has 4 rings (SSSR count). The lowest BCUT2D eigenvalue weighted by Gasteiger charge is -2.31. The lowest BCUT2D eigenvalue weighted by atomic mass is 10.1. The molecule has 0 N–H and O–H groups in total. The van der Waals surface area contributed by atoms with Crippen LogP contribution in [0.5, 0.6) is 0 Å². The molecule has 4 heterocycles. The molecule has 0 aromatic carbocycles. The van der Waals surface area contributed by atoms with E-state index in [1.807, 2.05) is 0 Å². The van der Waals surface area contributed by atoms with Gasteiger partial charge in [-0.2, -0.15) is 0 Å². The van der Waals surface area contributed by atoms with Crippen LogP contribution in [0.4, 0.5) is 0 Å². The zero-order valence-electron chi connectivity index (χ0n) is 35.3. The molecule has 4 saturated heterocycles. The average molecular weight is 683 g/mol. The van der Waals surface area contributed by atoms with Crippen molar-refractivity contribution < 1.29 is 26.9 Å². The van der Waals surface area contributed by atoms with Crippen LogP contribution in [-0.4, -0.2) is 189 Å². The Morgan fingerprint density at radius 2 is 0.479 bits per heavy atom. The lowest BCUT2D eigenvalue weighted by Crippen LogP contribution is -2.44. The van der Waals surface area contributed by atoms with E-state index in [-0.39, 0.29) is 0 Å². The smallest absolute Gasteiger partial charge is 0.0786 e. The highest BCUT2D eigenvalue weighted by molar-refractivity contribution is 4.56. The predicted octanol–water partition coefficient (Wildman–Crippen LogP) is 7.23. The molecule has 48 heavy (non-hydrogen) atoms. The van der Waals surface area contributed by atoms with Gasteiger partial charge >= 0.3 is 0 Å². The summed E-state index contributed by atoms with van der Waals surface area (Å²) >= 11 is 0. The Bertz CT molecular complexity index is 735. The molecule has 4 fully saturated rings. The van der Waals surface area contributed by atoms with Gasteiger partial charge < -0.3 is 26.9 Å². The standard InChI is InChI=1S/C16H34N2.C14H30N2.C12H30N2/c1-17(13-7-8-14-17)11-5-3-4-6-12-18(2)15-9-10-16-18;1-15(9-3-4-10-15)13-7-8-14-16(2)11-5-6-12-16;1-13(2,3)11-9-7-8-10-12-14(4,5)6/h3-16H2,1-2H3;3-14H2,1-2H3;7-12H2,1-6H3/q3*+2. The van der Waals surface area contributed by atoms with Crippen molar-refractivity contribution >= 4 is 0 Å². The SMILES string of the molecule is C[N+](C)(C)CCCCCC[N+](C)(C)C.C[N+]1(CCCCCC[N+]2(C)CCCC2)CCCC1.C[N+]1(CCCC[N+]2(C)CCCC2)CCCC1. The summed E-state index contributed by atoms with van der Waals surface area (Å²) in [5.41, 5.74) is 0. The van der Waals surface area contributed by atoms with Gasteiger partial charge in [0.15, 0.2) is 0 Å². The van der Waals surface area contributed by atoms with Gasteiger partial charge in [0.25, 0.3) is 0 Å². The fourth-order valence-electron chi connectivity index (χ4n) is 9.14. The van der Waals surface area contributed by atoms with Gasteiger partial charge in [-0.3, -0.25) is 0 Å². The van der Waals surface area contributed by atoms with Crippen LogP contribution in [0.1, 0.15) is 116 Å². The molecule has 4 aliphatic rings. The average Bonchev–Trinajstić information content (AvgIpc) is 3.81. The number of likely N-dealkylation sites (tertiary alicyclic amines) is 4. The number of unbranched alkanes of at least 4 members (excludes halogenated alkanes) is 7. The van der Waals surface area contributed by atoms with Crippen LogP contribution in [0.25, 0.3) is 0 Å². The molecule has 0 amide bonds. The third-order valence-corrected chi connectivity index (χ3v) is 12.8. The summed E-state index contributed by atoms with van der Waals surface area (Å²) in [6.45, 7) is 19.9. The van der Waals surface area contributed by atoms with Crippen molar-refractivity contribution in [3.05, 3.63) is 0 Å². The molecular weight excluding hydrogens is 589 g/mol. The van der Waals surface area contributed by atoms with Crippen molar-refractivity contribution in [1.82, 2.24) is 0 Å². The van der Waals surface area contributed by atoms with Crippen LogP contribution in [0.3, 0.4) is 0 Å². The normalized spacial score (nSPS) is 22.6. The number of rotatable bonds is 19. The van der Waals surface area contributed by atoms with Crippen molar-refractivity contribution in [2.75, 3.05) is 162 Å². The molecule has 0 radical (unpaired) electrons. The quantitative estimate of drug-likeness (QED) is 0.0997. The highest BCUT2D eigenvalue weighted by Crippen LogP contribution is 2.21. The molecule has 286 valence electrons. The molecule has 4 aliphatic heterocycles. The molecule has 0 saturated carbocycles. The van der Waals surface area contributed by atoms with E-state index < -0.39 is 0 Å². The second-order valence-corrected chi connectivity index (χ2v) is 20.6. The minimum absolute atomic E-state index is 1.11. The molecule has 0 aliphatic carbocycles. The first-order valence-electron chi connectivity index (χ1n) is 21.4. The Balaban J connectivity index is 0.000000253. The van der Waals surface area contributed by atoms with Crippen LogP contribution in [0.2, 0.25) is 0 Å². The first kappa shape index (κ1) is 43.9. The second-order valence-electron chi connectivity index (χ2n) is 20.6. The summed E-state index contributed by atoms with van der Waals surface area (Å²) in [6.07, 6.45) is 26.0. The zero-order chi connectivity index (χ0) is 35.6. The Morgan fingerprint density at radius 1 is 0.292 bits per heavy atom. The monoisotopic (exact) mass is 683 g/mol. The molecule has 6 nitrogen and oxygen atoms in total. The third kappa shape index (κ3) is 20.6. The van der Waals surface area contributed by atoms with Gasteiger partial charge in [-0.15, -0.1) is 0 Å². The van der Waals surface area contributed by atoms with Gasteiger partial charge in [0.1, 0.15) is 0 Å². The number of nitrogens with zero attached hydrogens (tertiary/aromatic N) is 6. The maximum atomic E-state index is 2.46. The van der Waals surface area contributed by atoms with Crippen LogP contribution >= 0.6 is 0 Å². The summed E-state index contributed by atoms with van der Waals surface area (Å²) in [7, 11) is 23.5. The first-order valence-corrected chi connectivity index (χ1v) is 21.4. The van der Waals surface area contributed by atoms with Gasteiger partial charge in [0.2, 0.25) is 0 Å². The van der Waals surface area contributed by atoms with Crippen LogP contribution < -0.4 is 0 Å². The van der Waals surface area contributed by atoms with Crippen molar-refractivity contribution in [3.63, 3.8) is 0 Å². The molecule has 0 unspecified atom stereocenters. The van der Waals surface area contributed by atoms with Crippen LogP contribution in [0.15, 0.2) is 0 Å². The highest BCUT2D eigenvalue weighted by Gasteiger charge is 2.29. The van der Waals surface area contributed by atoms with E-state index >= 15 is 0 Å². The number of quaternary nitrogens is 6. The van der Waals surface area contributed by atoms with E-state index in [4.69, 9.17) is 0 Å². The van der Waals surface area contributed by atoms with Gasteiger partial charge in [-0.05, 0) is 51.4 Å². The Morgan fingerprint density at radius 3 is 0.688 bits per heavy atom. The van der Waals surface area contributed by atoms with E-state index in [0.717, 1.165) is 8.97 Å². The fraction of sp³-hybridized carbons (Fsp3) is 1.00. The van der Waals surface area contributed by atoms with Gasteiger partial charge in [0.05, 0.1) is 162 Å². The largest absolute Gasteiger partial charge is 0.331 e. The van der Waals surface area contributed by atoms with Crippen molar-refractivity contribution in [3.8, 4) is 0 Å². The summed E-state index contributed by atoms with van der Waals surface area (Å²) in [4.78, 5) is 0. The molecule has 0 aromatic rings. The van der Waals surface area contributed by atoms with Crippen molar-refractivity contribution in [2.45, 2.75) is 116 Å². The van der Waals surface area contributed by atoms with E-state index in [9.17, 15) is 0 Å². The number of hydrogen-bond donors (Lipinski definition) is 0. The second kappa shape index (κ2) is 21.3. The zero-order valence-corrected chi connectivity index (χ0v) is 35.3. The summed E-state index contributed by atoms with van der Waals surface area (Å²) in [5, 5.41) is 0. The van der Waals surface area contributed by atoms with Crippen LogP contribution in [0, 0.1) is 0 Å². The Kier molecular flexibility index (Phi) is 19.5. The highest BCUT2D eigenvalue weighted by atomic mass is 15.4. The topological polar surface area (TPSA) is 0 Å². The molecule has 0 atom stereocenters. The maximum absolute atomic E-state index is 2.46. The maximum Gasteiger partial charge on any atom is 0.0786 e. The molecule has 6 heteroatoms. The van der Waals surface area contributed by atoms with Crippen LogP contribution in [-0.2, 0) is 0 Å². The molecule has 0 spiro atoms. The third-order valence-electron chi connectivity index (χ3n) is 12.8. The van der Waals surface area contributed by atoms with E-state index in [2.05, 4.69) is 70.5 Å². The minimum atomic E-state index is 1.11. The minimum Gasteiger partial charge on any atom is -0.331 e. The van der Waals surface area contributed by atoms with Crippen molar-refractivity contribution in [2.24, 2.45) is 0 Å². The Labute approximate surface area is 304 Å². The Hall–Kier alpha value is -0.240. The van der Waals surface area contributed by atoms with E-state index in [0.29, 0.717) is 0 Å². The first-order chi connectivity index (χ1) is 22.4. The predicted molar refractivity (Wildman–Crippen MR) is 212 cm³/mol. The summed E-state index contributed by atoms with van der Waals surface area (Å²) in [5.74, 6) is 0. The van der Waals surface area contributed by atoms with E-state index in [1.54, 1.807) is 0 Å². The summed E-state index contributed by atoms with van der Waals surface area (Å²) < 4.78 is 7.68. The molecular formula is C42H94N6+6.